The molecular weight excluding hydrogens is 394 g/mol. The van der Waals surface area contributed by atoms with E-state index in [1.54, 1.807) is 7.11 Å². The van der Waals surface area contributed by atoms with E-state index in [2.05, 4.69) is 27.3 Å². The van der Waals surface area contributed by atoms with Gasteiger partial charge in [0.25, 0.3) is 5.91 Å². The highest BCUT2D eigenvalue weighted by Gasteiger charge is 2.26. The normalized spacial score (nSPS) is 19.9. The molecule has 1 aromatic carbocycles. The number of hydrogen-bond donors (Lipinski definition) is 0. The number of benzene rings is 1. The summed E-state index contributed by atoms with van der Waals surface area (Å²) >= 11 is 0. The number of amides is 1. The van der Waals surface area contributed by atoms with Gasteiger partial charge in [-0.3, -0.25) is 9.69 Å². The van der Waals surface area contributed by atoms with Gasteiger partial charge in [-0.15, -0.1) is 5.10 Å². The average molecular weight is 428 g/mol. The van der Waals surface area contributed by atoms with Gasteiger partial charge in [-0.2, -0.15) is 0 Å². The number of nitrogens with zero attached hydrogens (tertiary/aromatic N) is 5. The van der Waals surface area contributed by atoms with E-state index in [0.717, 1.165) is 69.9 Å². The summed E-state index contributed by atoms with van der Waals surface area (Å²) in [4.78, 5) is 17.1. The fourth-order valence-corrected chi connectivity index (χ4v) is 4.55. The molecule has 1 atom stereocenters. The largest absolute Gasteiger partial charge is 0.493 e. The van der Waals surface area contributed by atoms with Crippen molar-refractivity contribution < 1.29 is 14.3 Å². The van der Waals surface area contributed by atoms with E-state index in [9.17, 15) is 4.79 Å². The lowest BCUT2D eigenvalue weighted by atomic mass is 10.0. The molecule has 4 rings (SSSR count). The van der Waals surface area contributed by atoms with Crippen molar-refractivity contribution in [1.82, 2.24) is 24.8 Å². The smallest absolute Gasteiger partial charge is 0.276 e. The van der Waals surface area contributed by atoms with Crippen LogP contribution in [0.1, 0.15) is 61.1 Å². The van der Waals surface area contributed by atoms with Crippen LogP contribution in [0.15, 0.2) is 24.4 Å². The van der Waals surface area contributed by atoms with E-state index < -0.39 is 0 Å². The van der Waals surface area contributed by atoms with Crippen molar-refractivity contribution >= 4 is 5.91 Å². The van der Waals surface area contributed by atoms with Crippen LogP contribution in [0, 0.1) is 0 Å². The Morgan fingerprint density at radius 3 is 2.74 bits per heavy atom. The van der Waals surface area contributed by atoms with Gasteiger partial charge in [-0.1, -0.05) is 11.3 Å². The number of hydrogen-bond acceptors (Lipinski definition) is 6. The Labute approximate surface area is 184 Å². The Bertz CT molecular complexity index is 878. The summed E-state index contributed by atoms with van der Waals surface area (Å²) in [5, 5.41) is 8.51. The highest BCUT2D eigenvalue weighted by molar-refractivity contribution is 5.91. The van der Waals surface area contributed by atoms with E-state index in [0.29, 0.717) is 12.3 Å². The van der Waals surface area contributed by atoms with Crippen molar-refractivity contribution in [1.29, 1.82) is 0 Å². The quantitative estimate of drug-likeness (QED) is 0.676. The van der Waals surface area contributed by atoms with Crippen LogP contribution in [0.4, 0.5) is 0 Å². The molecule has 0 unspecified atom stereocenters. The van der Waals surface area contributed by atoms with E-state index >= 15 is 0 Å². The molecule has 31 heavy (non-hydrogen) atoms. The van der Waals surface area contributed by atoms with Gasteiger partial charge in [0.15, 0.2) is 17.2 Å². The van der Waals surface area contributed by atoms with Crippen molar-refractivity contribution in [3.8, 4) is 11.5 Å². The first kappa shape index (κ1) is 21.6. The van der Waals surface area contributed by atoms with Gasteiger partial charge in [-0.05, 0) is 63.3 Å². The summed E-state index contributed by atoms with van der Waals surface area (Å²) in [6.07, 6.45) is 7.33. The van der Waals surface area contributed by atoms with Crippen LogP contribution < -0.4 is 9.47 Å². The molecule has 0 spiro atoms. The molecule has 0 saturated carbocycles. The summed E-state index contributed by atoms with van der Waals surface area (Å²) in [6, 6.07) is 6.36. The van der Waals surface area contributed by atoms with Gasteiger partial charge < -0.3 is 14.4 Å². The van der Waals surface area contributed by atoms with Gasteiger partial charge in [0.1, 0.15) is 0 Å². The topological polar surface area (TPSA) is 72.7 Å². The third-order valence-electron chi connectivity index (χ3n) is 6.16. The Kier molecular flexibility index (Phi) is 7.06. The fraction of sp³-hybridized carbons (Fsp3) is 0.609. The summed E-state index contributed by atoms with van der Waals surface area (Å²) in [5.41, 5.74) is 1.67. The first-order valence-corrected chi connectivity index (χ1v) is 11.4. The van der Waals surface area contributed by atoms with Crippen molar-refractivity contribution in [2.45, 2.75) is 51.6 Å². The molecule has 0 bridgehead atoms. The number of methoxy groups -OCH3 is 1. The second-order valence-electron chi connectivity index (χ2n) is 8.39. The third-order valence-corrected chi connectivity index (χ3v) is 6.16. The highest BCUT2D eigenvalue weighted by atomic mass is 16.5. The Morgan fingerprint density at radius 2 is 1.97 bits per heavy atom. The number of carbonyl (C=O) groups is 1. The average Bonchev–Trinajstić information content (AvgIpc) is 3.30. The molecule has 0 N–H and O–H groups in total. The molecule has 168 valence electrons. The van der Waals surface area contributed by atoms with Gasteiger partial charge in [0.2, 0.25) is 0 Å². The summed E-state index contributed by atoms with van der Waals surface area (Å²) in [5.74, 6) is 1.56. The Morgan fingerprint density at radius 1 is 1.13 bits per heavy atom. The molecular formula is C23H33N5O3. The Hall–Kier alpha value is -2.61. The lowest BCUT2D eigenvalue weighted by Crippen LogP contribution is -2.36. The molecule has 0 aliphatic carbocycles. The minimum absolute atomic E-state index is 0.0142. The van der Waals surface area contributed by atoms with E-state index in [1.807, 2.05) is 28.8 Å². The van der Waals surface area contributed by atoms with Crippen LogP contribution in [0.25, 0.3) is 0 Å². The lowest BCUT2D eigenvalue weighted by Gasteiger charge is -2.32. The molecule has 2 fully saturated rings. The molecule has 2 aliphatic heterocycles. The zero-order chi connectivity index (χ0) is 21.6. The molecule has 3 heterocycles. The molecule has 1 aromatic heterocycles. The molecule has 8 heteroatoms. The van der Waals surface area contributed by atoms with E-state index in [4.69, 9.17) is 9.47 Å². The van der Waals surface area contributed by atoms with Gasteiger partial charge >= 0.3 is 0 Å². The maximum Gasteiger partial charge on any atom is 0.276 e. The van der Waals surface area contributed by atoms with Crippen LogP contribution in [0.2, 0.25) is 0 Å². The summed E-state index contributed by atoms with van der Waals surface area (Å²) in [6.45, 7) is 7.01. The van der Waals surface area contributed by atoms with Gasteiger partial charge in [-0.25, -0.2) is 4.68 Å². The first-order chi connectivity index (χ1) is 15.2. The number of ether oxygens (including phenoxy) is 2. The monoisotopic (exact) mass is 427 g/mol. The molecule has 1 amide bonds. The number of rotatable bonds is 7. The number of aromatic nitrogens is 3. The van der Waals surface area contributed by atoms with Crippen LogP contribution in [-0.2, 0) is 6.54 Å². The van der Waals surface area contributed by atoms with Gasteiger partial charge in [0, 0.05) is 26.2 Å². The molecule has 8 nitrogen and oxygen atoms in total. The van der Waals surface area contributed by atoms with Crippen LogP contribution in [0.5, 0.6) is 11.5 Å². The van der Waals surface area contributed by atoms with Crippen LogP contribution in [0.3, 0.4) is 0 Å². The minimum atomic E-state index is 0.0142. The van der Waals surface area contributed by atoms with Crippen molar-refractivity contribution in [3.63, 3.8) is 0 Å². The standard InChI is InChI=1S/C23H33N5O3/c1-3-31-22-14-18(9-10-21(22)30-2)15-26-11-7-8-19(16-26)28-17-20(24-25-28)23(29)27-12-5-4-6-13-27/h9-10,14,17,19H,3-8,11-13,15-16H2,1-2H3/t19-/m1/s1. The van der Waals surface area contributed by atoms with E-state index in [-0.39, 0.29) is 11.9 Å². The van der Waals surface area contributed by atoms with Crippen molar-refractivity contribution in [3.05, 3.63) is 35.7 Å². The predicted molar refractivity (Wildman–Crippen MR) is 117 cm³/mol. The predicted octanol–water partition coefficient (Wildman–Crippen LogP) is 3.15. The van der Waals surface area contributed by atoms with Crippen LogP contribution in [-0.4, -0.2) is 70.6 Å². The minimum Gasteiger partial charge on any atom is -0.493 e. The maximum absolute atomic E-state index is 12.7. The number of carbonyl (C=O) groups excluding carboxylic acids is 1. The molecule has 0 radical (unpaired) electrons. The van der Waals surface area contributed by atoms with Crippen molar-refractivity contribution in [2.75, 3.05) is 39.9 Å². The van der Waals surface area contributed by atoms with Gasteiger partial charge in [0.05, 0.1) is 26.0 Å². The Balaban J connectivity index is 1.39. The maximum atomic E-state index is 12.7. The fourth-order valence-electron chi connectivity index (χ4n) is 4.55. The molecule has 2 saturated heterocycles. The third kappa shape index (κ3) is 5.18. The number of likely N-dealkylation sites (tertiary alicyclic amines) is 2. The van der Waals surface area contributed by atoms with Crippen LogP contribution >= 0.6 is 0 Å². The SMILES string of the molecule is CCOc1cc(CN2CCC[C@@H](n3cc(C(=O)N4CCCCC4)nn3)C2)ccc1OC. The molecule has 2 aromatic rings. The van der Waals surface area contributed by atoms with Crippen molar-refractivity contribution in [2.24, 2.45) is 0 Å². The van der Waals surface area contributed by atoms with E-state index in [1.165, 1.54) is 12.0 Å². The second kappa shape index (κ2) is 10.1. The summed E-state index contributed by atoms with van der Waals surface area (Å²) in [7, 11) is 1.66. The first-order valence-electron chi connectivity index (χ1n) is 11.4. The molecule has 2 aliphatic rings. The second-order valence-corrected chi connectivity index (χ2v) is 8.39. The summed E-state index contributed by atoms with van der Waals surface area (Å²) < 4.78 is 13.0. The zero-order valence-electron chi connectivity index (χ0n) is 18.6. The highest BCUT2D eigenvalue weighted by Crippen LogP contribution is 2.29. The lowest BCUT2D eigenvalue weighted by molar-refractivity contribution is 0.0718. The zero-order valence-corrected chi connectivity index (χ0v) is 18.6. The number of piperidine rings is 2.